The smallest absolute Gasteiger partial charge is 0.236 e. The van der Waals surface area contributed by atoms with Crippen LogP contribution < -0.4 is 10.1 Å². The molecule has 0 spiro atoms. The first-order valence-corrected chi connectivity index (χ1v) is 13.0. The number of thiazole rings is 1. The molecular weight excluding hydrogens is 509 g/mol. The third-order valence-corrected chi connectivity index (χ3v) is 7.27. The van der Waals surface area contributed by atoms with E-state index in [2.05, 4.69) is 46.5 Å². The van der Waals surface area contributed by atoms with E-state index in [0.29, 0.717) is 28.4 Å². The molecule has 4 aromatic rings. The van der Waals surface area contributed by atoms with Crippen LogP contribution in [0, 0.1) is 19.7 Å². The summed E-state index contributed by atoms with van der Waals surface area (Å²) < 4.78 is 20.9. The van der Waals surface area contributed by atoms with Crippen molar-refractivity contribution in [1.29, 1.82) is 0 Å². The average Bonchev–Trinajstić information content (AvgIpc) is 3.46. The molecule has 0 radical (unpaired) electrons. The van der Waals surface area contributed by atoms with Crippen LogP contribution in [-0.2, 0) is 17.9 Å². The molecule has 0 aliphatic rings. The summed E-state index contributed by atoms with van der Waals surface area (Å²) in [6.07, 6.45) is 0. The van der Waals surface area contributed by atoms with E-state index in [1.807, 2.05) is 22.9 Å². The molecular formula is C24H23ClFN5O2S2. The van der Waals surface area contributed by atoms with Crippen LogP contribution in [0.3, 0.4) is 0 Å². The number of aryl methyl sites for hydroxylation is 2. The van der Waals surface area contributed by atoms with Gasteiger partial charge in [-0.25, -0.2) is 9.37 Å². The third-order valence-electron chi connectivity index (χ3n) is 5.25. The van der Waals surface area contributed by atoms with Gasteiger partial charge in [-0.05, 0) is 50.1 Å². The predicted octanol–water partition coefficient (Wildman–Crippen LogP) is 6.14. The molecule has 7 nitrogen and oxygen atoms in total. The normalized spacial score (nSPS) is 11.0. The number of carbonyl (C=O) groups is 1. The molecule has 2 aromatic heterocycles. The van der Waals surface area contributed by atoms with Crippen molar-refractivity contribution in [2.24, 2.45) is 0 Å². The van der Waals surface area contributed by atoms with Gasteiger partial charge in [0.25, 0.3) is 0 Å². The van der Waals surface area contributed by atoms with Crippen molar-refractivity contribution in [3.63, 3.8) is 0 Å². The first-order valence-electron chi connectivity index (χ1n) is 10.8. The van der Waals surface area contributed by atoms with Gasteiger partial charge >= 0.3 is 0 Å². The number of benzene rings is 2. The lowest BCUT2D eigenvalue weighted by molar-refractivity contribution is -0.113. The van der Waals surface area contributed by atoms with Crippen molar-refractivity contribution >= 4 is 45.7 Å². The summed E-state index contributed by atoms with van der Waals surface area (Å²) in [6.45, 7) is 6.83. The quantitative estimate of drug-likeness (QED) is 0.261. The van der Waals surface area contributed by atoms with Crippen molar-refractivity contribution in [1.82, 2.24) is 19.7 Å². The summed E-state index contributed by atoms with van der Waals surface area (Å²) in [4.78, 5) is 17.1. The Morgan fingerprint density at radius 2 is 2.03 bits per heavy atom. The number of anilines is 1. The topological polar surface area (TPSA) is 81.9 Å². The van der Waals surface area contributed by atoms with Gasteiger partial charge in [0.15, 0.2) is 16.1 Å². The van der Waals surface area contributed by atoms with Gasteiger partial charge in [-0.1, -0.05) is 35.5 Å². The number of nitrogens with one attached hydrogen (secondary N) is 1. The second kappa shape index (κ2) is 11.2. The van der Waals surface area contributed by atoms with Crippen LogP contribution in [0.25, 0.3) is 11.3 Å². The highest BCUT2D eigenvalue weighted by molar-refractivity contribution is 7.99. The minimum absolute atomic E-state index is 0.0111. The Balaban J connectivity index is 1.33. The SMILES string of the molecule is CCn1c(COc2ccc(F)c(Cl)c2)nnc1SCC(=O)Nc1nc(-c2ccc(C)c(C)c2)cs1. The number of nitrogens with zero attached hydrogens (tertiary/aromatic N) is 4. The molecule has 0 saturated carbocycles. The molecule has 0 aliphatic carbocycles. The van der Waals surface area contributed by atoms with Crippen molar-refractivity contribution in [3.05, 3.63) is 69.6 Å². The van der Waals surface area contributed by atoms with Crippen LogP contribution in [0.5, 0.6) is 5.75 Å². The van der Waals surface area contributed by atoms with E-state index >= 15 is 0 Å². The third kappa shape index (κ3) is 6.19. The summed E-state index contributed by atoms with van der Waals surface area (Å²) in [6, 6.07) is 10.3. The Morgan fingerprint density at radius 3 is 2.77 bits per heavy atom. The van der Waals surface area contributed by atoms with Crippen molar-refractivity contribution in [2.75, 3.05) is 11.1 Å². The lowest BCUT2D eigenvalue weighted by Crippen LogP contribution is -2.14. The number of hydrogen-bond donors (Lipinski definition) is 1. The van der Waals surface area contributed by atoms with E-state index in [4.69, 9.17) is 16.3 Å². The maximum absolute atomic E-state index is 13.3. The highest BCUT2D eigenvalue weighted by atomic mass is 35.5. The Bertz CT molecular complexity index is 1360. The summed E-state index contributed by atoms with van der Waals surface area (Å²) in [5, 5.41) is 14.3. The van der Waals surface area contributed by atoms with Gasteiger partial charge in [0.05, 0.1) is 16.5 Å². The number of carbonyl (C=O) groups excluding carboxylic acids is 1. The van der Waals surface area contributed by atoms with E-state index in [1.165, 1.54) is 52.4 Å². The number of rotatable bonds is 9. The molecule has 0 saturated heterocycles. The van der Waals surface area contributed by atoms with Crippen LogP contribution >= 0.6 is 34.7 Å². The Kier molecular flexibility index (Phi) is 8.04. The maximum Gasteiger partial charge on any atom is 0.236 e. The minimum atomic E-state index is -0.507. The molecule has 0 unspecified atom stereocenters. The molecule has 35 heavy (non-hydrogen) atoms. The highest BCUT2D eigenvalue weighted by Crippen LogP contribution is 2.27. The number of hydrogen-bond acceptors (Lipinski definition) is 7. The highest BCUT2D eigenvalue weighted by Gasteiger charge is 2.15. The molecule has 2 heterocycles. The van der Waals surface area contributed by atoms with Crippen molar-refractivity contribution in [3.8, 4) is 17.0 Å². The van der Waals surface area contributed by atoms with Gasteiger partial charge in [-0.3, -0.25) is 4.79 Å². The molecule has 4 rings (SSSR count). The van der Waals surface area contributed by atoms with Crippen LogP contribution in [0.15, 0.2) is 46.9 Å². The number of amides is 1. The number of aromatic nitrogens is 4. The second-order valence-electron chi connectivity index (χ2n) is 7.68. The van der Waals surface area contributed by atoms with Crippen molar-refractivity contribution < 1.29 is 13.9 Å². The standard InChI is InChI=1S/C24H23ClFN5O2S2/c1-4-31-21(11-33-17-7-8-19(26)18(25)10-17)29-30-24(31)35-13-22(32)28-23-27-20(12-34-23)16-6-5-14(2)15(3)9-16/h5-10,12H,4,11,13H2,1-3H3,(H,27,28,32). The van der Waals surface area contributed by atoms with Gasteiger partial charge in [-0.15, -0.1) is 21.5 Å². The second-order valence-corrected chi connectivity index (χ2v) is 9.89. The van der Waals surface area contributed by atoms with Gasteiger partial charge in [0, 0.05) is 23.6 Å². The first-order chi connectivity index (χ1) is 16.8. The number of thioether (sulfide) groups is 1. The molecule has 2 aromatic carbocycles. The van der Waals surface area contributed by atoms with Crippen molar-refractivity contribution in [2.45, 2.75) is 39.1 Å². The molecule has 11 heteroatoms. The molecule has 0 fully saturated rings. The minimum Gasteiger partial charge on any atom is -0.486 e. The number of halogens is 2. The fourth-order valence-corrected chi connectivity index (χ4v) is 4.94. The van der Waals surface area contributed by atoms with E-state index < -0.39 is 5.82 Å². The monoisotopic (exact) mass is 531 g/mol. The summed E-state index contributed by atoms with van der Waals surface area (Å²) >= 11 is 8.47. The van der Waals surface area contributed by atoms with E-state index in [9.17, 15) is 9.18 Å². The van der Waals surface area contributed by atoms with Gasteiger partial charge in [0.2, 0.25) is 5.91 Å². The fraction of sp³-hybridized carbons (Fsp3) is 0.250. The van der Waals surface area contributed by atoms with Crippen LogP contribution in [0.2, 0.25) is 5.02 Å². The molecule has 0 aliphatic heterocycles. The van der Waals surface area contributed by atoms with Crippen LogP contribution in [-0.4, -0.2) is 31.4 Å². The zero-order valence-corrected chi connectivity index (χ0v) is 21.7. The molecule has 182 valence electrons. The van der Waals surface area contributed by atoms with E-state index in [0.717, 1.165) is 11.3 Å². The van der Waals surface area contributed by atoms with Gasteiger partial charge in [0.1, 0.15) is 18.2 Å². The molecule has 0 bridgehead atoms. The molecule has 0 atom stereocenters. The zero-order valence-electron chi connectivity index (χ0n) is 19.3. The Hall–Kier alpha value is -2.95. The largest absolute Gasteiger partial charge is 0.486 e. The fourth-order valence-electron chi connectivity index (χ4n) is 3.21. The summed E-state index contributed by atoms with van der Waals surface area (Å²) in [7, 11) is 0. The summed E-state index contributed by atoms with van der Waals surface area (Å²) in [5.74, 6) is 0.492. The van der Waals surface area contributed by atoms with Gasteiger partial charge < -0.3 is 14.6 Å². The summed E-state index contributed by atoms with van der Waals surface area (Å²) in [5.41, 5.74) is 4.28. The average molecular weight is 532 g/mol. The predicted molar refractivity (Wildman–Crippen MR) is 138 cm³/mol. The van der Waals surface area contributed by atoms with E-state index in [1.54, 1.807) is 0 Å². The van der Waals surface area contributed by atoms with Crippen LogP contribution in [0.4, 0.5) is 9.52 Å². The maximum atomic E-state index is 13.3. The first kappa shape index (κ1) is 25.2. The lowest BCUT2D eigenvalue weighted by Gasteiger charge is -2.09. The van der Waals surface area contributed by atoms with E-state index in [-0.39, 0.29) is 23.3 Å². The Morgan fingerprint density at radius 1 is 1.20 bits per heavy atom. The molecule has 1 amide bonds. The van der Waals surface area contributed by atoms with Crippen LogP contribution in [0.1, 0.15) is 23.9 Å². The Labute approximate surface area is 215 Å². The lowest BCUT2D eigenvalue weighted by atomic mass is 10.1. The van der Waals surface area contributed by atoms with Gasteiger partial charge in [-0.2, -0.15) is 0 Å². The number of ether oxygens (including phenoxy) is 1. The zero-order chi connectivity index (χ0) is 24.9. The molecule has 1 N–H and O–H groups in total.